The number of hydrogen-bond donors (Lipinski definition) is 1. The minimum Gasteiger partial charge on any atom is -0.374 e. The molecule has 1 amide bonds. The summed E-state index contributed by atoms with van der Waals surface area (Å²) in [4.78, 5) is 12.4. The summed E-state index contributed by atoms with van der Waals surface area (Å²) in [5.74, 6) is -4.44. The number of carbonyl (C=O) groups is 1. The van der Waals surface area contributed by atoms with Crippen LogP contribution in [0.15, 0.2) is 12.1 Å². The van der Waals surface area contributed by atoms with Crippen molar-refractivity contribution >= 4 is 11.6 Å². The summed E-state index contributed by atoms with van der Waals surface area (Å²) in [6.07, 6.45) is 0. The van der Waals surface area contributed by atoms with Crippen molar-refractivity contribution in [1.82, 2.24) is 4.90 Å². The van der Waals surface area contributed by atoms with Gasteiger partial charge in [0.1, 0.15) is 0 Å². The van der Waals surface area contributed by atoms with Gasteiger partial charge >= 0.3 is 0 Å². The van der Waals surface area contributed by atoms with Gasteiger partial charge in [-0.05, 0) is 12.1 Å². The van der Waals surface area contributed by atoms with E-state index in [9.17, 15) is 18.0 Å². The summed E-state index contributed by atoms with van der Waals surface area (Å²) in [5.41, 5.74) is -0.242. The maximum atomic E-state index is 13.1. The van der Waals surface area contributed by atoms with E-state index in [1.165, 1.54) is 19.0 Å². The van der Waals surface area contributed by atoms with E-state index in [1.54, 1.807) is 0 Å². The third-order valence-electron chi connectivity index (χ3n) is 1.96. The maximum absolute atomic E-state index is 13.1. The lowest BCUT2D eigenvalue weighted by atomic mass is 10.3. The molecular weight excluding hydrogens is 221 g/mol. The standard InChI is InChI=1S/C10H11F3N2O/c1-15(2)8(16)5-14-7-4-3-6(11)9(12)10(7)13/h3-4,14H,5H2,1-2H3. The van der Waals surface area contributed by atoms with Crippen LogP contribution >= 0.6 is 0 Å². The summed E-state index contributed by atoms with van der Waals surface area (Å²) in [7, 11) is 3.07. The van der Waals surface area contributed by atoms with E-state index >= 15 is 0 Å². The van der Waals surface area contributed by atoms with Gasteiger partial charge in [0.25, 0.3) is 0 Å². The molecule has 0 aliphatic rings. The highest BCUT2D eigenvalue weighted by Gasteiger charge is 2.14. The highest BCUT2D eigenvalue weighted by molar-refractivity contribution is 5.80. The molecule has 0 aliphatic heterocycles. The first kappa shape index (κ1) is 12.4. The molecule has 1 N–H and O–H groups in total. The number of halogens is 3. The molecule has 0 spiro atoms. The predicted molar refractivity (Wildman–Crippen MR) is 53.5 cm³/mol. The van der Waals surface area contributed by atoms with Crippen LogP contribution in [-0.4, -0.2) is 31.4 Å². The van der Waals surface area contributed by atoms with E-state index in [0.717, 1.165) is 12.1 Å². The number of hydrogen-bond acceptors (Lipinski definition) is 2. The first-order valence-electron chi connectivity index (χ1n) is 4.51. The third-order valence-corrected chi connectivity index (χ3v) is 1.96. The van der Waals surface area contributed by atoms with Crippen molar-refractivity contribution in [3.8, 4) is 0 Å². The Morgan fingerprint density at radius 1 is 1.25 bits per heavy atom. The molecule has 0 fully saturated rings. The molecule has 16 heavy (non-hydrogen) atoms. The van der Waals surface area contributed by atoms with Crippen molar-refractivity contribution in [3.05, 3.63) is 29.6 Å². The Kier molecular flexibility index (Phi) is 3.76. The fourth-order valence-corrected chi connectivity index (χ4v) is 0.991. The zero-order chi connectivity index (χ0) is 12.3. The van der Waals surface area contributed by atoms with E-state index in [-0.39, 0.29) is 18.1 Å². The van der Waals surface area contributed by atoms with E-state index < -0.39 is 17.5 Å². The highest BCUT2D eigenvalue weighted by Crippen LogP contribution is 2.19. The topological polar surface area (TPSA) is 32.3 Å². The predicted octanol–water partition coefficient (Wildman–Crippen LogP) is 1.60. The average Bonchev–Trinajstić information content (AvgIpc) is 2.24. The van der Waals surface area contributed by atoms with Gasteiger partial charge in [-0.3, -0.25) is 4.79 Å². The Hall–Kier alpha value is -1.72. The second-order valence-corrected chi connectivity index (χ2v) is 3.36. The molecule has 1 aromatic carbocycles. The summed E-state index contributed by atoms with van der Waals surface area (Å²) in [5, 5.41) is 2.39. The van der Waals surface area contributed by atoms with Gasteiger partial charge in [-0.25, -0.2) is 13.2 Å². The fourth-order valence-electron chi connectivity index (χ4n) is 0.991. The Morgan fingerprint density at radius 2 is 1.88 bits per heavy atom. The Morgan fingerprint density at radius 3 is 2.44 bits per heavy atom. The van der Waals surface area contributed by atoms with Crippen LogP contribution < -0.4 is 5.32 Å². The van der Waals surface area contributed by atoms with E-state index in [0.29, 0.717) is 0 Å². The molecule has 0 aliphatic carbocycles. The monoisotopic (exact) mass is 232 g/mol. The molecule has 0 saturated carbocycles. The number of amides is 1. The highest BCUT2D eigenvalue weighted by atomic mass is 19.2. The van der Waals surface area contributed by atoms with E-state index in [2.05, 4.69) is 5.32 Å². The zero-order valence-corrected chi connectivity index (χ0v) is 8.85. The van der Waals surface area contributed by atoms with Crippen LogP contribution in [0.5, 0.6) is 0 Å². The largest absolute Gasteiger partial charge is 0.374 e. The second kappa shape index (κ2) is 4.87. The molecule has 0 radical (unpaired) electrons. The molecule has 0 bridgehead atoms. The number of benzene rings is 1. The second-order valence-electron chi connectivity index (χ2n) is 3.36. The number of nitrogens with one attached hydrogen (secondary N) is 1. The third kappa shape index (κ3) is 2.65. The number of nitrogens with zero attached hydrogens (tertiary/aromatic N) is 1. The van der Waals surface area contributed by atoms with Crippen molar-refractivity contribution in [2.24, 2.45) is 0 Å². The van der Waals surface area contributed by atoms with Crippen LogP contribution in [-0.2, 0) is 4.79 Å². The maximum Gasteiger partial charge on any atom is 0.241 e. The van der Waals surface area contributed by atoms with Crippen molar-refractivity contribution in [1.29, 1.82) is 0 Å². The average molecular weight is 232 g/mol. The smallest absolute Gasteiger partial charge is 0.241 e. The van der Waals surface area contributed by atoms with Gasteiger partial charge in [0.05, 0.1) is 12.2 Å². The van der Waals surface area contributed by atoms with Gasteiger partial charge in [0.2, 0.25) is 5.91 Å². The van der Waals surface area contributed by atoms with Gasteiger partial charge in [-0.1, -0.05) is 0 Å². The van der Waals surface area contributed by atoms with Crippen LogP contribution in [0.25, 0.3) is 0 Å². The molecule has 0 heterocycles. The van der Waals surface area contributed by atoms with Crippen LogP contribution in [0.2, 0.25) is 0 Å². The van der Waals surface area contributed by atoms with Crippen molar-refractivity contribution in [2.45, 2.75) is 0 Å². The lowest BCUT2D eigenvalue weighted by Crippen LogP contribution is -2.28. The summed E-state index contributed by atoms with van der Waals surface area (Å²) in [6.45, 7) is -0.186. The molecule has 88 valence electrons. The minimum absolute atomic E-state index is 0.186. The summed E-state index contributed by atoms with van der Waals surface area (Å²) >= 11 is 0. The number of rotatable bonds is 3. The Balaban J connectivity index is 2.76. The molecule has 1 rings (SSSR count). The van der Waals surface area contributed by atoms with Crippen molar-refractivity contribution < 1.29 is 18.0 Å². The first-order chi connectivity index (χ1) is 7.43. The number of carbonyl (C=O) groups excluding carboxylic acids is 1. The molecule has 0 unspecified atom stereocenters. The molecule has 6 heteroatoms. The van der Waals surface area contributed by atoms with Gasteiger partial charge in [-0.2, -0.15) is 0 Å². The lowest BCUT2D eigenvalue weighted by Gasteiger charge is -2.12. The van der Waals surface area contributed by atoms with Gasteiger partial charge in [0, 0.05) is 14.1 Å². The van der Waals surface area contributed by atoms with Crippen LogP contribution in [0.1, 0.15) is 0 Å². The summed E-state index contributed by atoms with van der Waals surface area (Å²) < 4.78 is 38.5. The van der Waals surface area contributed by atoms with Crippen LogP contribution in [0, 0.1) is 17.5 Å². The molecular formula is C10H11F3N2O. The van der Waals surface area contributed by atoms with Gasteiger partial charge in [-0.15, -0.1) is 0 Å². The number of likely N-dealkylation sites (N-methyl/N-ethyl adjacent to an activating group) is 1. The molecule has 0 atom stereocenters. The molecule has 0 saturated heterocycles. The zero-order valence-electron chi connectivity index (χ0n) is 8.85. The molecule has 0 aromatic heterocycles. The van der Waals surface area contributed by atoms with Crippen LogP contribution in [0.3, 0.4) is 0 Å². The number of anilines is 1. The van der Waals surface area contributed by atoms with Gasteiger partial charge < -0.3 is 10.2 Å². The van der Waals surface area contributed by atoms with E-state index in [1.807, 2.05) is 0 Å². The SMILES string of the molecule is CN(C)C(=O)CNc1ccc(F)c(F)c1F. The fraction of sp³-hybridized carbons (Fsp3) is 0.300. The van der Waals surface area contributed by atoms with E-state index in [4.69, 9.17) is 0 Å². The van der Waals surface area contributed by atoms with Crippen molar-refractivity contribution in [3.63, 3.8) is 0 Å². The first-order valence-corrected chi connectivity index (χ1v) is 4.51. The van der Waals surface area contributed by atoms with Gasteiger partial charge in [0.15, 0.2) is 17.5 Å². The molecule has 3 nitrogen and oxygen atoms in total. The minimum atomic E-state index is -1.55. The normalized spacial score (nSPS) is 10.1. The quantitative estimate of drug-likeness (QED) is 0.803. The summed E-state index contributed by atoms with van der Waals surface area (Å²) in [6, 6.07) is 1.83. The Labute approximate surface area is 90.9 Å². The van der Waals surface area contributed by atoms with Crippen LogP contribution in [0.4, 0.5) is 18.9 Å². The molecule has 1 aromatic rings. The Bertz CT molecular complexity index is 407. The lowest BCUT2D eigenvalue weighted by molar-refractivity contribution is -0.126. The van der Waals surface area contributed by atoms with Crippen molar-refractivity contribution in [2.75, 3.05) is 26.0 Å².